The molecule has 1 amide bonds. The zero-order chi connectivity index (χ0) is 11.7. The van der Waals surface area contributed by atoms with Gasteiger partial charge in [0.05, 0.1) is 0 Å². The summed E-state index contributed by atoms with van der Waals surface area (Å²) in [6, 6.07) is 6.59. The van der Waals surface area contributed by atoms with Crippen LogP contribution in [0.1, 0.15) is 18.9 Å². The highest BCUT2D eigenvalue weighted by atomic mass is 19.1. The fourth-order valence-electron chi connectivity index (χ4n) is 1.91. The lowest BCUT2D eigenvalue weighted by molar-refractivity contribution is -0.132. The van der Waals surface area contributed by atoms with Gasteiger partial charge in [0.25, 0.3) is 0 Å². The smallest absolute Gasteiger partial charge is 0.226 e. The Balaban J connectivity index is 1.99. The fourth-order valence-corrected chi connectivity index (χ4v) is 1.91. The lowest BCUT2D eigenvalue weighted by Crippen LogP contribution is -2.28. The number of hydrogen-bond acceptors (Lipinski definition) is 1. The molecule has 0 aromatic heterocycles. The Labute approximate surface area is 95.1 Å². The Morgan fingerprint density at radius 2 is 2.12 bits per heavy atom. The zero-order valence-electron chi connectivity index (χ0n) is 9.61. The van der Waals surface area contributed by atoms with Crippen LogP contribution in [0.15, 0.2) is 24.3 Å². The molecule has 2 rings (SSSR count). The second-order valence-electron chi connectivity index (χ2n) is 4.61. The molecule has 0 saturated heterocycles. The van der Waals surface area contributed by atoms with Gasteiger partial charge in [-0.1, -0.05) is 25.1 Å². The van der Waals surface area contributed by atoms with Crippen molar-refractivity contribution in [3.63, 3.8) is 0 Å². The predicted octanol–water partition coefficient (Wildman–Crippen LogP) is 2.44. The normalized spacial score (nSPS) is 22.9. The zero-order valence-corrected chi connectivity index (χ0v) is 9.61. The molecule has 86 valence electrons. The molecule has 16 heavy (non-hydrogen) atoms. The molecular formula is C13H16FNO. The number of carbonyl (C=O) groups is 1. The second kappa shape index (κ2) is 4.24. The summed E-state index contributed by atoms with van der Waals surface area (Å²) in [5.74, 6) is 0.550. The van der Waals surface area contributed by atoms with Crippen LogP contribution in [-0.2, 0) is 11.3 Å². The molecule has 0 spiro atoms. The van der Waals surface area contributed by atoms with Crippen molar-refractivity contribution >= 4 is 5.91 Å². The van der Waals surface area contributed by atoms with E-state index in [0.717, 1.165) is 6.42 Å². The first-order chi connectivity index (χ1) is 7.59. The van der Waals surface area contributed by atoms with Gasteiger partial charge in [-0.3, -0.25) is 4.79 Å². The van der Waals surface area contributed by atoms with Crippen LogP contribution in [0.2, 0.25) is 0 Å². The molecule has 0 radical (unpaired) electrons. The van der Waals surface area contributed by atoms with Gasteiger partial charge in [-0.05, 0) is 18.4 Å². The molecule has 2 nitrogen and oxygen atoms in total. The van der Waals surface area contributed by atoms with Crippen LogP contribution >= 0.6 is 0 Å². The van der Waals surface area contributed by atoms with Gasteiger partial charge in [0.1, 0.15) is 5.82 Å². The number of hydrogen-bond donors (Lipinski definition) is 0. The maximum absolute atomic E-state index is 13.4. The van der Waals surface area contributed by atoms with E-state index in [9.17, 15) is 9.18 Å². The van der Waals surface area contributed by atoms with Crippen LogP contribution < -0.4 is 0 Å². The van der Waals surface area contributed by atoms with E-state index < -0.39 is 0 Å². The van der Waals surface area contributed by atoms with Crippen molar-refractivity contribution in [2.24, 2.45) is 11.8 Å². The van der Waals surface area contributed by atoms with Crippen molar-refractivity contribution in [3.05, 3.63) is 35.6 Å². The summed E-state index contributed by atoms with van der Waals surface area (Å²) in [4.78, 5) is 13.5. The predicted molar refractivity (Wildman–Crippen MR) is 60.1 cm³/mol. The first-order valence-electron chi connectivity index (χ1n) is 5.58. The number of benzene rings is 1. The lowest BCUT2D eigenvalue weighted by atomic mass is 10.2. The molecule has 1 aliphatic carbocycles. The highest BCUT2D eigenvalue weighted by Crippen LogP contribution is 2.39. The summed E-state index contributed by atoms with van der Waals surface area (Å²) in [5, 5.41) is 0. The molecule has 1 aromatic rings. The van der Waals surface area contributed by atoms with Crippen LogP contribution in [0.3, 0.4) is 0 Å². The maximum atomic E-state index is 13.4. The van der Waals surface area contributed by atoms with E-state index in [-0.39, 0.29) is 17.6 Å². The van der Waals surface area contributed by atoms with Gasteiger partial charge in [-0.15, -0.1) is 0 Å². The Bertz CT molecular complexity index is 405. The molecule has 0 N–H and O–H groups in total. The lowest BCUT2D eigenvalue weighted by Gasteiger charge is -2.17. The van der Waals surface area contributed by atoms with Gasteiger partial charge in [-0.25, -0.2) is 4.39 Å². The number of halogens is 1. The Morgan fingerprint density at radius 3 is 2.69 bits per heavy atom. The van der Waals surface area contributed by atoms with E-state index in [2.05, 4.69) is 6.92 Å². The molecule has 3 heteroatoms. The van der Waals surface area contributed by atoms with Crippen LogP contribution in [0.5, 0.6) is 0 Å². The Morgan fingerprint density at radius 1 is 1.50 bits per heavy atom. The minimum atomic E-state index is -0.244. The largest absolute Gasteiger partial charge is 0.341 e. The molecule has 0 heterocycles. The minimum absolute atomic E-state index is 0.135. The summed E-state index contributed by atoms with van der Waals surface area (Å²) in [6.45, 7) is 2.42. The minimum Gasteiger partial charge on any atom is -0.341 e. The van der Waals surface area contributed by atoms with E-state index in [0.29, 0.717) is 18.0 Å². The average Bonchev–Trinajstić information content (AvgIpc) is 2.98. The summed E-state index contributed by atoms with van der Waals surface area (Å²) in [6.07, 6.45) is 0.973. The van der Waals surface area contributed by atoms with Crippen LogP contribution in [0.4, 0.5) is 4.39 Å². The van der Waals surface area contributed by atoms with E-state index in [1.807, 2.05) is 0 Å². The van der Waals surface area contributed by atoms with Gasteiger partial charge in [-0.2, -0.15) is 0 Å². The maximum Gasteiger partial charge on any atom is 0.226 e. The van der Waals surface area contributed by atoms with Crippen LogP contribution in [-0.4, -0.2) is 17.9 Å². The number of amides is 1. The second-order valence-corrected chi connectivity index (χ2v) is 4.61. The molecule has 1 aromatic carbocycles. The van der Waals surface area contributed by atoms with Gasteiger partial charge < -0.3 is 4.90 Å². The van der Waals surface area contributed by atoms with Crippen molar-refractivity contribution in [1.82, 2.24) is 4.90 Å². The van der Waals surface area contributed by atoms with Gasteiger partial charge in [0.15, 0.2) is 0 Å². The number of rotatable bonds is 3. The van der Waals surface area contributed by atoms with Crippen molar-refractivity contribution < 1.29 is 9.18 Å². The summed E-state index contributed by atoms with van der Waals surface area (Å²) in [7, 11) is 1.74. The first kappa shape index (κ1) is 11.1. The number of nitrogens with zero attached hydrogens (tertiary/aromatic N) is 1. The first-order valence-corrected chi connectivity index (χ1v) is 5.58. The SMILES string of the molecule is CC1CC1C(=O)N(C)Cc1ccccc1F. The van der Waals surface area contributed by atoms with E-state index in [1.54, 1.807) is 30.1 Å². The molecule has 2 atom stereocenters. The molecule has 0 aliphatic heterocycles. The molecule has 1 fully saturated rings. The van der Waals surface area contributed by atoms with E-state index >= 15 is 0 Å². The molecular weight excluding hydrogens is 205 g/mol. The number of carbonyl (C=O) groups excluding carboxylic acids is 1. The van der Waals surface area contributed by atoms with E-state index in [1.165, 1.54) is 6.07 Å². The third-order valence-corrected chi connectivity index (χ3v) is 3.17. The fraction of sp³-hybridized carbons (Fsp3) is 0.462. The molecule has 2 unspecified atom stereocenters. The van der Waals surface area contributed by atoms with Crippen LogP contribution in [0, 0.1) is 17.7 Å². The third-order valence-electron chi connectivity index (χ3n) is 3.17. The highest BCUT2D eigenvalue weighted by Gasteiger charge is 2.40. The Kier molecular flexibility index (Phi) is 2.95. The monoisotopic (exact) mass is 221 g/mol. The topological polar surface area (TPSA) is 20.3 Å². The van der Waals surface area contributed by atoms with Crippen molar-refractivity contribution in [2.75, 3.05) is 7.05 Å². The van der Waals surface area contributed by atoms with Crippen LogP contribution in [0.25, 0.3) is 0 Å². The Hall–Kier alpha value is -1.38. The van der Waals surface area contributed by atoms with Crippen molar-refractivity contribution in [2.45, 2.75) is 19.9 Å². The standard InChI is InChI=1S/C13H16FNO/c1-9-7-11(9)13(16)15(2)8-10-5-3-4-6-12(10)14/h3-6,9,11H,7-8H2,1-2H3. The summed E-state index contributed by atoms with van der Waals surface area (Å²) in [5.41, 5.74) is 0.576. The molecule has 1 saturated carbocycles. The summed E-state index contributed by atoms with van der Waals surface area (Å²) >= 11 is 0. The van der Waals surface area contributed by atoms with Crippen molar-refractivity contribution in [1.29, 1.82) is 0 Å². The molecule has 1 aliphatic rings. The molecule has 0 bridgehead atoms. The summed E-state index contributed by atoms with van der Waals surface area (Å²) < 4.78 is 13.4. The van der Waals surface area contributed by atoms with Crippen molar-refractivity contribution in [3.8, 4) is 0 Å². The average molecular weight is 221 g/mol. The third kappa shape index (κ3) is 2.23. The van der Waals surface area contributed by atoms with E-state index in [4.69, 9.17) is 0 Å². The quantitative estimate of drug-likeness (QED) is 0.767. The highest BCUT2D eigenvalue weighted by molar-refractivity contribution is 5.81. The van der Waals surface area contributed by atoms with Gasteiger partial charge in [0.2, 0.25) is 5.91 Å². The van der Waals surface area contributed by atoms with Gasteiger partial charge in [0, 0.05) is 25.1 Å². The van der Waals surface area contributed by atoms with Gasteiger partial charge >= 0.3 is 0 Å².